The van der Waals surface area contributed by atoms with Gasteiger partial charge in [0.1, 0.15) is 5.82 Å². The molecule has 2 rings (SSSR count). The van der Waals surface area contributed by atoms with E-state index in [1.807, 2.05) is 6.07 Å². The highest BCUT2D eigenvalue weighted by Gasteiger charge is 2.13. The maximum atomic E-state index is 13.2. The van der Waals surface area contributed by atoms with E-state index in [-0.39, 0.29) is 11.4 Å². The minimum absolute atomic E-state index is 0.184. The number of aryl methyl sites for hydroxylation is 1. The Bertz CT molecular complexity index is 745. The van der Waals surface area contributed by atoms with E-state index < -0.39 is 15.8 Å². The van der Waals surface area contributed by atoms with Crippen LogP contribution in [0.1, 0.15) is 16.7 Å². The SMILES string of the molecule is Cc1ccc(F)cc1NS(=O)(=O)Cc1cccc(CN)c1. The lowest BCUT2D eigenvalue weighted by atomic mass is 10.1. The highest BCUT2D eigenvalue weighted by atomic mass is 32.2. The maximum absolute atomic E-state index is 13.2. The number of nitrogens with one attached hydrogen (secondary N) is 1. The van der Waals surface area contributed by atoms with Crippen LogP contribution in [0.25, 0.3) is 0 Å². The zero-order chi connectivity index (χ0) is 15.5. The quantitative estimate of drug-likeness (QED) is 0.891. The topological polar surface area (TPSA) is 72.2 Å². The van der Waals surface area contributed by atoms with Gasteiger partial charge in [-0.25, -0.2) is 12.8 Å². The van der Waals surface area contributed by atoms with Crippen molar-refractivity contribution >= 4 is 15.7 Å². The minimum Gasteiger partial charge on any atom is -0.326 e. The largest absolute Gasteiger partial charge is 0.326 e. The van der Waals surface area contributed by atoms with Gasteiger partial charge in [-0.15, -0.1) is 0 Å². The van der Waals surface area contributed by atoms with Gasteiger partial charge >= 0.3 is 0 Å². The van der Waals surface area contributed by atoms with Crippen molar-refractivity contribution < 1.29 is 12.8 Å². The zero-order valence-electron chi connectivity index (χ0n) is 11.6. The van der Waals surface area contributed by atoms with Crippen molar-refractivity contribution in [3.05, 3.63) is 65.0 Å². The van der Waals surface area contributed by atoms with Gasteiger partial charge in [0.2, 0.25) is 10.0 Å². The number of rotatable bonds is 5. The Balaban J connectivity index is 2.20. The molecular formula is C15H17FN2O2S. The first-order valence-electron chi connectivity index (χ1n) is 6.44. The molecule has 0 aromatic heterocycles. The van der Waals surface area contributed by atoms with Crippen molar-refractivity contribution in [2.75, 3.05) is 4.72 Å². The fourth-order valence-electron chi connectivity index (χ4n) is 1.97. The van der Waals surface area contributed by atoms with Gasteiger partial charge in [0, 0.05) is 6.54 Å². The summed E-state index contributed by atoms with van der Waals surface area (Å²) < 4.78 is 39.9. The van der Waals surface area contributed by atoms with Gasteiger partial charge in [-0.1, -0.05) is 30.3 Å². The summed E-state index contributed by atoms with van der Waals surface area (Å²) in [6.45, 7) is 2.07. The third-order valence-corrected chi connectivity index (χ3v) is 4.29. The van der Waals surface area contributed by atoms with Gasteiger partial charge in [-0.2, -0.15) is 0 Å². The normalized spacial score (nSPS) is 11.4. The number of sulfonamides is 1. The predicted molar refractivity (Wildman–Crippen MR) is 81.7 cm³/mol. The van der Waals surface area contributed by atoms with Crippen LogP contribution >= 0.6 is 0 Å². The van der Waals surface area contributed by atoms with Crippen LogP contribution in [-0.2, 0) is 22.3 Å². The minimum atomic E-state index is -3.61. The van der Waals surface area contributed by atoms with E-state index in [0.717, 1.165) is 5.56 Å². The molecule has 0 unspecified atom stereocenters. The average molecular weight is 308 g/mol. The van der Waals surface area contributed by atoms with Gasteiger partial charge in [0.05, 0.1) is 11.4 Å². The molecule has 0 saturated heterocycles. The molecule has 3 N–H and O–H groups in total. The van der Waals surface area contributed by atoms with Crippen molar-refractivity contribution in [3.63, 3.8) is 0 Å². The Labute approximate surface area is 123 Å². The second kappa shape index (κ2) is 6.24. The number of nitrogens with two attached hydrogens (primary N) is 1. The van der Waals surface area contributed by atoms with E-state index >= 15 is 0 Å². The Hall–Kier alpha value is -1.92. The second-order valence-corrected chi connectivity index (χ2v) is 6.57. The summed E-state index contributed by atoms with van der Waals surface area (Å²) >= 11 is 0. The van der Waals surface area contributed by atoms with Crippen molar-refractivity contribution in [1.82, 2.24) is 0 Å². The molecule has 0 saturated carbocycles. The highest BCUT2D eigenvalue weighted by molar-refractivity contribution is 7.91. The molecular weight excluding hydrogens is 291 g/mol. The summed E-state index contributed by atoms with van der Waals surface area (Å²) in [7, 11) is -3.61. The van der Waals surface area contributed by atoms with E-state index in [1.54, 1.807) is 25.1 Å². The third-order valence-electron chi connectivity index (χ3n) is 3.05. The van der Waals surface area contributed by atoms with Crippen LogP contribution in [-0.4, -0.2) is 8.42 Å². The number of benzene rings is 2. The van der Waals surface area contributed by atoms with Crippen molar-refractivity contribution in [2.24, 2.45) is 5.73 Å². The van der Waals surface area contributed by atoms with Crippen LogP contribution in [0.3, 0.4) is 0 Å². The van der Waals surface area contributed by atoms with Crippen molar-refractivity contribution in [3.8, 4) is 0 Å². The van der Waals surface area contributed by atoms with Gasteiger partial charge in [-0.05, 0) is 35.7 Å². The van der Waals surface area contributed by atoms with E-state index in [2.05, 4.69) is 4.72 Å². The molecule has 0 aliphatic heterocycles. The lowest BCUT2D eigenvalue weighted by molar-refractivity contribution is 0.600. The Morgan fingerprint density at radius 3 is 2.57 bits per heavy atom. The van der Waals surface area contributed by atoms with E-state index in [0.29, 0.717) is 17.7 Å². The van der Waals surface area contributed by atoms with Crippen LogP contribution in [0.4, 0.5) is 10.1 Å². The fourth-order valence-corrected chi connectivity index (χ4v) is 3.22. The lowest BCUT2D eigenvalue weighted by Crippen LogP contribution is -2.16. The second-order valence-electron chi connectivity index (χ2n) is 4.84. The molecule has 112 valence electrons. The highest BCUT2D eigenvalue weighted by Crippen LogP contribution is 2.19. The standard InChI is InChI=1S/C15H17FN2O2S/c1-11-5-6-14(16)8-15(11)18-21(19,20)10-13-4-2-3-12(7-13)9-17/h2-8,18H,9-10,17H2,1H3. The van der Waals surface area contributed by atoms with Crippen LogP contribution in [0, 0.1) is 12.7 Å². The number of hydrogen-bond acceptors (Lipinski definition) is 3. The Morgan fingerprint density at radius 2 is 1.86 bits per heavy atom. The van der Waals surface area contributed by atoms with Crippen LogP contribution in [0.2, 0.25) is 0 Å². The van der Waals surface area contributed by atoms with Gasteiger partial charge in [0.25, 0.3) is 0 Å². The first-order chi connectivity index (χ1) is 9.89. The fraction of sp³-hybridized carbons (Fsp3) is 0.200. The third kappa shape index (κ3) is 4.27. The Morgan fingerprint density at radius 1 is 1.14 bits per heavy atom. The number of anilines is 1. The smallest absolute Gasteiger partial charge is 0.236 e. The zero-order valence-corrected chi connectivity index (χ0v) is 12.5. The number of halogens is 1. The molecule has 2 aromatic rings. The molecule has 6 heteroatoms. The molecule has 0 aliphatic carbocycles. The molecule has 0 fully saturated rings. The molecule has 21 heavy (non-hydrogen) atoms. The van der Waals surface area contributed by atoms with Gasteiger partial charge in [-0.3, -0.25) is 4.72 Å². The molecule has 0 atom stereocenters. The van der Waals surface area contributed by atoms with E-state index in [9.17, 15) is 12.8 Å². The summed E-state index contributed by atoms with van der Waals surface area (Å²) in [6, 6.07) is 11.1. The molecule has 4 nitrogen and oxygen atoms in total. The lowest BCUT2D eigenvalue weighted by Gasteiger charge is -2.11. The molecule has 0 amide bonds. The van der Waals surface area contributed by atoms with Gasteiger partial charge < -0.3 is 5.73 Å². The maximum Gasteiger partial charge on any atom is 0.236 e. The first-order valence-corrected chi connectivity index (χ1v) is 8.09. The monoisotopic (exact) mass is 308 g/mol. The molecule has 0 radical (unpaired) electrons. The summed E-state index contributed by atoms with van der Waals surface area (Å²) in [6.07, 6.45) is 0. The van der Waals surface area contributed by atoms with Crippen LogP contribution in [0.15, 0.2) is 42.5 Å². The molecule has 0 heterocycles. The van der Waals surface area contributed by atoms with Crippen molar-refractivity contribution in [1.29, 1.82) is 0 Å². The molecule has 0 bridgehead atoms. The first kappa shape index (κ1) is 15.5. The Kier molecular flexibility index (Phi) is 4.59. The summed E-state index contributed by atoms with van der Waals surface area (Å²) in [5.74, 6) is -0.667. The van der Waals surface area contributed by atoms with Crippen LogP contribution in [0.5, 0.6) is 0 Å². The average Bonchev–Trinajstić information content (AvgIpc) is 2.42. The molecule has 0 spiro atoms. The summed E-state index contributed by atoms with van der Waals surface area (Å²) in [4.78, 5) is 0. The van der Waals surface area contributed by atoms with Gasteiger partial charge in [0.15, 0.2) is 0 Å². The van der Waals surface area contributed by atoms with E-state index in [4.69, 9.17) is 5.73 Å². The molecule has 0 aliphatic rings. The van der Waals surface area contributed by atoms with Crippen molar-refractivity contribution in [2.45, 2.75) is 19.2 Å². The van der Waals surface area contributed by atoms with E-state index in [1.165, 1.54) is 18.2 Å². The number of hydrogen-bond donors (Lipinski definition) is 2. The van der Waals surface area contributed by atoms with Crippen LogP contribution < -0.4 is 10.5 Å². The summed E-state index contributed by atoms with van der Waals surface area (Å²) in [5.41, 5.74) is 7.96. The summed E-state index contributed by atoms with van der Waals surface area (Å²) in [5, 5.41) is 0. The predicted octanol–water partition coefficient (Wildman–Crippen LogP) is 2.53. The molecule has 2 aromatic carbocycles.